The maximum Gasteiger partial charge on any atom is 0.201 e. The monoisotopic (exact) mass is 213 g/mol. The summed E-state index contributed by atoms with van der Waals surface area (Å²) in [6.45, 7) is 0.610. The Kier molecular flexibility index (Phi) is 1.93. The third-order valence-corrected chi connectivity index (χ3v) is 2.58. The van der Waals surface area contributed by atoms with Crippen molar-refractivity contribution in [1.82, 2.24) is 9.55 Å². The van der Waals surface area contributed by atoms with Gasteiger partial charge in [0.2, 0.25) is 5.95 Å². The summed E-state index contributed by atoms with van der Waals surface area (Å²) in [5.41, 5.74) is 7.81. The van der Waals surface area contributed by atoms with E-state index in [0.29, 0.717) is 12.5 Å². The van der Waals surface area contributed by atoms with Crippen LogP contribution in [0.4, 0.5) is 5.95 Å². The lowest BCUT2D eigenvalue weighted by atomic mass is 10.3. The van der Waals surface area contributed by atoms with E-state index in [2.05, 4.69) is 4.98 Å². The van der Waals surface area contributed by atoms with E-state index in [1.807, 2.05) is 41.0 Å². The molecular formula is C12H11N3O. The van der Waals surface area contributed by atoms with Gasteiger partial charge in [0.1, 0.15) is 5.76 Å². The van der Waals surface area contributed by atoms with Gasteiger partial charge in [-0.3, -0.25) is 0 Å². The smallest absolute Gasteiger partial charge is 0.201 e. The molecule has 4 heteroatoms. The molecule has 0 fully saturated rings. The van der Waals surface area contributed by atoms with Crippen LogP contribution in [0.25, 0.3) is 11.0 Å². The van der Waals surface area contributed by atoms with Crippen molar-refractivity contribution >= 4 is 17.0 Å². The highest BCUT2D eigenvalue weighted by atomic mass is 16.3. The molecule has 3 rings (SSSR count). The first-order chi connectivity index (χ1) is 7.84. The van der Waals surface area contributed by atoms with Gasteiger partial charge in [0.25, 0.3) is 0 Å². The summed E-state index contributed by atoms with van der Waals surface area (Å²) in [6, 6.07) is 11.7. The van der Waals surface area contributed by atoms with E-state index in [9.17, 15) is 0 Å². The van der Waals surface area contributed by atoms with Crippen LogP contribution < -0.4 is 5.73 Å². The number of benzene rings is 1. The molecule has 0 saturated heterocycles. The van der Waals surface area contributed by atoms with E-state index in [4.69, 9.17) is 10.2 Å². The van der Waals surface area contributed by atoms with Gasteiger partial charge in [-0.2, -0.15) is 0 Å². The Bertz CT molecular complexity index is 610. The van der Waals surface area contributed by atoms with Gasteiger partial charge in [-0.15, -0.1) is 0 Å². The zero-order valence-electron chi connectivity index (χ0n) is 8.63. The zero-order chi connectivity index (χ0) is 11.0. The summed E-state index contributed by atoms with van der Waals surface area (Å²) < 4.78 is 7.25. The first-order valence-electron chi connectivity index (χ1n) is 5.08. The largest absolute Gasteiger partial charge is 0.467 e. The molecule has 0 atom stereocenters. The minimum absolute atomic E-state index is 0.512. The number of nitrogens with zero attached hydrogens (tertiary/aromatic N) is 2. The van der Waals surface area contributed by atoms with Gasteiger partial charge >= 0.3 is 0 Å². The Morgan fingerprint density at radius 1 is 1.19 bits per heavy atom. The first-order valence-corrected chi connectivity index (χ1v) is 5.08. The van der Waals surface area contributed by atoms with Crippen LogP contribution >= 0.6 is 0 Å². The molecule has 2 N–H and O–H groups in total. The summed E-state index contributed by atoms with van der Waals surface area (Å²) in [6.07, 6.45) is 1.66. The van der Waals surface area contributed by atoms with Crippen molar-refractivity contribution in [3.05, 3.63) is 48.4 Å². The van der Waals surface area contributed by atoms with E-state index < -0.39 is 0 Å². The summed E-state index contributed by atoms with van der Waals surface area (Å²) in [5, 5.41) is 0. The van der Waals surface area contributed by atoms with Crippen LogP contribution in [0, 0.1) is 0 Å². The second-order valence-corrected chi connectivity index (χ2v) is 3.62. The van der Waals surface area contributed by atoms with Crippen molar-refractivity contribution in [3.8, 4) is 0 Å². The molecule has 0 saturated carbocycles. The molecule has 3 aromatic rings. The maximum atomic E-state index is 5.88. The molecule has 0 unspecified atom stereocenters. The standard InChI is InChI=1S/C12H11N3O/c13-12-14-10-5-1-2-6-11(10)15(12)8-9-4-3-7-16-9/h1-7H,8H2,(H2,13,14). The van der Waals surface area contributed by atoms with E-state index in [1.165, 1.54) is 0 Å². The van der Waals surface area contributed by atoms with E-state index in [1.54, 1.807) is 6.26 Å². The molecule has 4 nitrogen and oxygen atoms in total. The summed E-state index contributed by atoms with van der Waals surface area (Å²) >= 11 is 0. The number of rotatable bonds is 2. The minimum atomic E-state index is 0.512. The molecule has 0 aliphatic carbocycles. The summed E-state index contributed by atoms with van der Waals surface area (Å²) in [4.78, 5) is 4.29. The second-order valence-electron chi connectivity index (χ2n) is 3.62. The molecule has 0 aliphatic heterocycles. The van der Waals surface area contributed by atoms with Crippen LogP contribution in [0.2, 0.25) is 0 Å². The van der Waals surface area contributed by atoms with Crippen molar-refractivity contribution in [2.75, 3.05) is 5.73 Å². The number of hydrogen-bond donors (Lipinski definition) is 1. The number of fused-ring (bicyclic) bond motifs is 1. The van der Waals surface area contributed by atoms with Crippen LogP contribution in [0.3, 0.4) is 0 Å². The van der Waals surface area contributed by atoms with E-state index in [-0.39, 0.29) is 0 Å². The van der Waals surface area contributed by atoms with Gasteiger partial charge in [0.15, 0.2) is 0 Å². The molecule has 0 radical (unpaired) electrons. The topological polar surface area (TPSA) is 57.0 Å². The van der Waals surface area contributed by atoms with Gasteiger partial charge in [-0.25, -0.2) is 4.98 Å². The van der Waals surface area contributed by atoms with E-state index >= 15 is 0 Å². The lowest BCUT2D eigenvalue weighted by Crippen LogP contribution is -2.03. The second kappa shape index (κ2) is 3.41. The number of nitrogen functional groups attached to an aromatic ring is 1. The Balaban J connectivity index is 2.12. The van der Waals surface area contributed by atoms with E-state index in [0.717, 1.165) is 16.8 Å². The van der Waals surface area contributed by atoms with Crippen molar-refractivity contribution < 1.29 is 4.42 Å². The molecule has 16 heavy (non-hydrogen) atoms. The Morgan fingerprint density at radius 2 is 2.06 bits per heavy atom. The molecule has 0 bridgehead atoms. The number of nitrogens with two attached hydrogens (primary N) is 1. The number of anilines is 1. The summed E-state index contributed by atoms with van der Waals surface area (Å²) in [7, 11) is 0. The third kappa shape index (κ3) is 1.35. The number of aromatic nitrogens is 2. The average molecular weight is 213 g/mol. The van der Waals surface area contributed by atoms with Crippen molar-refractivity contribution in [2.24, 2.45) is 0 Å². The van der Waals surface area contributed by atoms with Crippen LogP contribution in [0.1, 0.15) is 5.76 Å². The predicted molar refractivity (Wildman–Crippen MR) is 62.0 cm³/mol. The molecule has 2 heterocycles. The number of hydrogen-bond acceptors (Lipinski definition) is 3. The predicted octanol–water partition coefficient (Wildman–Crippen LogP) is 2.26. The van der Waals surface area contributed by atoms with Crippen molar-refractivity contribution in [2.45, 2.75) is 6.54 Å². The van der Waals surface area contributed by atoms with Gasteiger partial charge in [0.05, 0.1) is 23.8 Å². The van der Waals surface area contributed by atoms with Crippen molar-refractivity contribution in [1.29, 1.82) is 0 Å². The fraction of sp³-hybridized carbons (Fsp3) is 0.0833. The molecule has 0 spiro atoms. The zero-order valence-corrected chi connectivity index (χ0v) is 8.63. The fourth-order valence-electron chi connectivity index (χ4n) is 1.82. The number of imidazole rings is 1. The van der Waals surface area contributed by atoms with Gasteiger partial charge < -0.3 is 14.7 Å². The Labute approximate surface area is 92.3 Å². The van der Waals surface area contributed by atoms with Crippen LogP contribution in [0.15, 0.2) is 47.1 Å². The minimum Gasteiger partial charge on any atom is -0.467 e. The molecule has 1 aromatic carbocycles. The number of para-hydroxylation sites is 2. The highest BCUT2D eigenvalue weighted by molar-refractivity contribution is 5.78. The molecule has 0 aliphatic rings. The highest BCUT2D eigenvalue weighted by Crippen LogP contribution is 2.18. The van der Waals surface area contributed by atoms with Gasteiger partial charge in [0, 0.05) is 0 Å². The molecule has 80 valence electrons. The van der Waals surface area contributed by atoms with Gasteiger partial charge in [-0.1, -0.05) is 12.1 Å². The van der Waals surface area contributed by atoms with Crippen LogP contribution in [-0.2, 0) is 6.54 Å². The fourth-order valence-corrected chi connectivity index (χ4v) is 1.82. The normalized spacial score (nSPS) is 11.0. The maximum absolute atomic E-state index is 5.88. The molecule has 0 amide bonds. The SMILES string of the molecule is Nc1nc2ccccc2n1Cc1ccco1. The van der Waals surface area contributed by atoms with Crippen LogP contribution in [-0.4, -0.2) is 9.55 Å². The molecule has 2 aromatic heterocycles. The quantitative estimate of drug-likeness (QED) is 0.710. The molecular weight excluding hydrogens is 202 g/mol. The highest BCUT2D eigenvalue weighted by Gasteiger charge is 2.08. The lowest BCUT2D eigenvalue weighted by molar-refractivity contribution is 0.497. The Hall–Kier alpha value is -2.23. The Morgan fingerprint density at radius 3 is 2.88 bits per heavy atom. The third-order valence-electron chi connectivity index (χ3n) is 2.58. The number of furan rings is 1. The first kappa shape index (κ1) is 9.03. The van der Waals surface area contributed by atoms with Crippen molar-refractivity contribution in [3.63, 3.8) is 0 Å². The average Bonchev–Trinajstić information content (AvgIpc) is 2.89. The lowest BCUT2D eigenvalue weighted by Gasteiger charge is -2.03. The van der Waals surface area contributed by atoms with Crippen LogP contribution in [0.5, 0.6) is 0 Å². The van der Waals surface area contributed by atoms with Gasteiger partial charge in [-0.05, 0) is 24.3 Å². The summed E-state index contributed by atoms with van der Waals surface area (Å²) in [5.74, 6) is 1.38.